The van der Waals surface area contributed by atoms with E-state index in [0.717, 1.165) is 0 Å². The van der Waals surface area contributed by atoms with E-state index < -0.39 is 16.4 Å². The van der Waals surface area contributed by atoms with E-state index in [1.807, 2.05) is 0 Å². The van der Waals surface area contributed by atoms with E-state index in [4.69, 9.17) is 10.00 Å². The summed E-state index contributed by atoms with van der Waals surface area (Å²) in [5, 5.41) is 19.6. The van der Waals surface area contributed by atoms with Crippen molar-refractivity contribution < 1.29 is 14.5 Å². The average molecular weight is 299 g/mol. The van der Waals surface area contributed by atoms with E-state index in [2.05, 4.69) is 15.9 Å². The summed E-state index contributed by atoms with van der Waals surface area (Å²) in [6.07, 6.45) is 0. The molecular formula is C10H7BrN2O4. The first-order valence-corrected chi connectivity index (χ1v) is 5.53. The van der Waals surface area contributed by atoms with Crippen molar-refractivity contribution >= 4 is 27.4 Å². The van der Waals surface area contributed by atoms with Crippen LogP contribution in [0.25, 0.3) is 0 Å². The normalized spacial score (nSPS) is 9.47. The first-order valence-electron chi connectivity index (χ1n) is 4.41. The van der Waals surface area contributed by atoms with Gasteiger partial charge in [-0.1, -0.05) is 15.9 Å². The maximum absolute atomic E-state index is 11.6. The molecule has 1 rings (SSSR count). The van der Waals surface area contributed by atoms with Gasteiger partial charge in [0.05, 0.1) is 17.4 Å². The van der Waals surface area contributed by atoms with E-state index in [1.165, 1.54) is 19.2 Å². The lowest BCUT2D eigenvalue weighted by Crippen LogP contribution is -2.09. The van der Waals surface area contributed by atoms with Gasteiger partial charge in [0.1, 0.15) is 22.9 Å². The van der Waals surface area contributed by atoms with Crippen LogP contribution in [0.1, 0.15) is 15.9 Å². The summed E-state index contributed by atoms with van der Waals surface area (Å²) in [5.41, 5.74) is -0.871. The third-order valence-electron chi connectivity index (χ3n) is 2.06. The monoisotopic (exact) mass is 298 g/mol. The summed E-state index contributed by atoms with van der Waals surface area (Å²) < 4.78 is 4.90. The van der Waals surface area contributed by atoms with Crippen molar-refractivity contribution in [2.24, 2.45) is 0 Å². The number of nitriles is 1. The number of benzene rings is 1. The molecule has 0 aliphatic rings. The van der Waals surface area contributed by atoms with Crippen molar-refractivity contribution in [3.63, 3.8) is 0 Å². The van der Waals surface area contributed by atoms with Crippen LogP contribution in [0.2, 0.25) is 0 Å². The highest BCUT2D eigenvalue weighted by molar-refractivity contribution is 9.09. The highest BCUT2D eigenvalue weighted by Gasteiger charge is 2.28. The highest BCUT2D eigenvalue weighted by atomic mass is 79.9. The van der Waals surface area contributed by atoms with E-state index in [-0.39, 0.29) is 22.2 Å². The Balaban J connectivity index is 3.65. The maximum Gasteiger partial charge on any atom is 0.301 e. The number of rotatable bonds is 4. The van der Waals surface area contributed by atoms with Crippen molar-refractivity contribution in [1.29, 1.82) is 5.26 Å². The van der Waals surface area contributed by atoms with Gasteiger partial charge in [0.25, 0.3) is 0 Å². The molecule has 0 spiro atoms. The first-order chi connectivity index (χ1) is 8.06. The fourth-order valence-corrected chi connectivity index (χ4v) is 1.64. The van der Waals surface area contributed by atoms with Crippen molar-refractivity contribution in [2.75, 3.05) is 12.4 Å². The third kappa shape index (κ3) is 2.42. The van der Waals surface area contributed by atoms with Gasteiger partial charge >= 0.3 is 5.69 Å². The second-order valence-electron chi connectivity index (χ2n) is 2.96. The van der Waals surface area contributed by atoms with Crippen LogP contribution in [-0.2, 0) is 0 Å². The molecule has 0 N–H and O–H groups in total. The van der Waals surface area contributed by atoms with Crippen LogP contribution in [0, 0.1) is 21.4 Å². The molecule has 7 heteroatoms. The van der Waals surface area contributed by atoms with E-state index >= 15 is 0 Å². The molecule has 0 saturated carbocycles. The number of halogens is 1. The average Bonchev–Trinajstić information content (AvgIpc) is 2.35. The maximum atomic E-state index is 11.6. The summed E-state index contributed by atoms with van der Waals surface area (Å²) >= 11 is 2.93. The lowest BCUT2D eigenvalue weighted by molar-refractivity contribution is -0.385. The van der Waals surface area contributed by atoms with E-state index in [0.29, 0.717) is 0 Å². The summed E-state index contributed by atoms with van der Waals surface area (Å²) in [6, 6.07) is 4.30. The third-order valence-corrected chi connectivity index (χ3v) is 2.57. The Labute approximate surface area is 105 Å². The number of methoxy groups -OCH3 is 1. The number of nitro groups is 1. The predicted molar refractivity (Wildman–Crippen MR) is 62.5 cm³/mol. The molecular weight excluding hydrogens is 292 g/mol. The van der Waals surface area contributed by atoms with Crippen LogP contribution in [0.4, 0.5) is 5.69 Å². The van der Waals surface area contributed by atoms with Crippen LogP contribution in [0.15, 0.2) is 12.1 Å². The highest BCUT2D eigenvalue weighted by Crippen LogP contribution is 2.32. The Morgan fingerprint density at radius 2 is 2.29 bits per heavy atom. The number of nitro benzene ring substituents is 1. The molecule has 88 valence electrons. The number of carbonyl (C=O) groups is 1. The Bertz CT molecular complexity index is 522. The predicted octanol–water partition coefficient (Wildman–Crippen LogP) is 2.05. The number of hydrogen-bond acceptors (Lipinski definition) is 5. The van der Waals surface area contributed by atoms with Crippen LogP contribution in [0.3, 0.4) is 0 Å². The largest absolute Gasteiger partial charge is 0.496 e. The topological polar surface area (TPSA) is 93.2 Å². The van der Waals surface area contributed by atoms with E-state index in [1.54, 1.807) is 6.07 Å². The fraction of sp³-hybridized carbons (Fsp3) is 0.200. The van der Waals surface area contributed by atoms with Crippen LogP contribution in [0.5, 0.6) is 5.75 Å². The zero-order valence-corrected chi connectivity index (χ0v) is 10.4. The first kappa shape index (κ1) is 13.1. The molecule has 0 aromatic heterocycles. The minimum absolute atomic E-state index is 0.0835. The zero-order valence-electron chi connectivity index (χ0n) is 8.77. The SMILES string of the molecule is COc1ccc(C#N)c([N+](=O)[O-])c1C(=O)CBr. The molecule has 1 aromatic rings. The molecule has 0 aliphatic carbocycles. The lowest BCUT2D eigenvalue weighted by Gasteiger charge is -2.07. The van der Waals surface area contributed by atoms with Crippen molar-refractivity contribution in [3.05, 3.63) is 33.4 Å². The van der Waals surface area contributed by atoms with Gasteiger partial charge < -0.3 is 4.74 Å². The van der Waals surface area contributed by atoms with Gasteiger partial charge in [-0.2, -0.15) is 5.26 Å². The van der Waals surface area contributed by atoms with Crippen LogP contribution in [-0.4, -0.2) is 23.1 Å². The van der Waals surface area contributed by atoms with Gasteiger partial charge in [-0.3, -0.25) is 14.9 Å². The van der Waals surface area contributed by atoms with E-state index in [9.17, 15) is 14.9 Å². The molecule has 0 heterocycles. The second kappa shape index (κ2) is 5.41. The molecule has 0 aliphatic heterocycles. The van der Waals surface area contributed by atoms with Gasteiger partial charge in [-0.25, -0.2) is 0 Å². The molecule has 17 heavy (non-hydrogen) atoms. The molecule has 0 fully saturated rings. The van der Waals surface area contributed by atoms with Crippen molar-refractivity contribution in [2.45, 2.75) is 0 Å². The summed E-state index contributed by atoms with van der Waals surface area (Å²) in [4.78, 5) is 21.8. The number of hydrogen-bond donors (Lipinski definition) is 0. The van der Waals surface area contributed by atoms with Crippen LogP contribution >= 0.6 is 15.9 Å². The Hall–Kier alpha value is -1.94. The summed E-state index contributed by atoms with van der Waals surface area (Å²) in [5.74, 6) is -0.425. The van der Waals surface area contributed by atoms with Gasteiger partial charge in [0.15, 0.2) is 5.78 Å². The van der Waals surface area contributed by atoms with Gasteiger partial charge in [-0.05, 0) is 12.1 Å². The quantitative estimate of drug-likeness (QED) is 0.367. The zero-order chi connectivity index (χ0) is 13.0. The number of ketones is 1. The number of nitrogens with zero attached hydrogens (tertiary/aromatic N) is 2. The van der Waals surface area contributed by atoms with Gasteiger partial charge in [0.2, 0.25) is 0 Å². The number of ether oxygens (including phenoxy) is 1. The Kier molecular flexibility index (Phi) is 4.17. The number of Topliss-reactive ketones (excluding diaryl/α,β-unsaturated/α-hetero) is 1. The molecule has 6 nitrogen and oxygen atoms in total. The van der Waals surface area contributed by atoms with Gasteiger partial charge in [0, 0.05) is 0 Å². The minimum atomic E-state index is -0.753. The summed E-state index contributed by atoms with van der Waals surface area (Å²) in [6.45, 7) is 0. The van der Waals surface area contributed by atoms with Gasteiger partial charge in [-0.15, -0.1) is 0 Å². The van der Waals surface area contributed by atoms with Crippen LogP contribution < -0.4 is 4.74 Å². The van der Waals surface area contributed by atoms with Crippen molar-refractivity contribution in [1.82, 2.24) is 0 Å². The number of alkyl halides is 1. The molecule has 0 radical (unpaired) electrons. The lowest BCUT2D eigenvalue weighted by atomic mass is 10.0. The number of carbonyl (C=O) groups excluding carboxylic acids is 1. The molecule has 0 saturated heterocycles. The molecule has 0 bridgehead atoms. The fourth-order valence-electron chi connectivity index (χ4n) is 1.36. The summed E-state index contributed by atoms with van der Waals surface area (Å²) in [7, 11) is 1.30. The minimum Gasteiger partial charge on any atom is -0.496 e. The molecule has 0 atom stereocenters. The Morgan fingerprint density at radius 3 is 2.71 bits per heavy atom. The Morgan fingerprint density at radius 1 is 1.65 bits per heavy atom. The smallest absolute Gasteiger partial charge is 0.301 e. The standard InChI is InChI=1S/C10H7BrN2O4/c1-17-8-3-2-6(5-12)10(13(15)16)9(8)7(14)4-11/h2-3H,4H2,1H3. The van der Waals surface area contributed by atoms with Crippen molar-refractivity contribution in [3.8, 4) is 11.8 Å². The molecule has 0 unspecified atom stereocenters. The molecule has 1 aromatic carbocycles. The second-order valence-corrected chi connectivity index (χ2v) is 3.53. The molecule has 0 amide bonds.